The fourth-order valence-corrected chi connectivity index (χ4v) is 3.46. The Morgan fingerprint density at radius 2 is 1.46 bits per heavy atom. The van der Waals surface area contributed by atoms with E-state index in [4.69, 9.17) is 0 Å². The fraction of sp³-hybridized carbons (Fsp3) is 1.00. The molecule has 0 aromatic rings. The highest BCUT2D eigenvalue weighted by Crippen LogP contribution is 2.47. The summed E-state index contributed by atoms with van der Waals surface area (Å²) in [6.07, 6.45) is 11.7. The largest absolute Gasteiger partial charge is 0.0651 e. The van der Waals surface area contributed by atoms with Gasteiger partial charge in [0.25, 0.3) is 0 Å². The number of hydrogen-bond acceptors (Lipinski definition) is 0. The van der Waals surface area contributed by atoms with Gasteiger partial charge >= 0.3 is 0 Å². The van der Waals surface area contributed by atoms with Crippen LogP contribution in [0.5, 0.6) is 0 Å². The second-order valence-corrected chi connectivity index (χ2v) is 4.79. The van der Waals surface area contributed by atoms with Crippen LogP contribution in [-0.2, 0) is 0 Å². The second kappa shape index (κ2) is 5.02. The van der Waals surface area contributed by atoms with Crippen molar-refractivity contribution < 1.29 is 0 Å². The molecule has 13 heavy (non-hydrogen) atoms. The van der Waals surface area contributed by atoms with Gasteiger partial charge in [0.1, 0.15) is 0 Å². The molecule has 0 atom stereocenters. The molecule has 0 heteroatoms. The Balaban J connectivity index is 2.64. The summed E-state index contributed by atoms with van der Waals surface area (Å²) >= 11 is 0. The van der Waals surface area contributed by atoms with E-state index in [2.05, 4.69) is 20.8 Å². The quantitative estimate of drug-likeness (QED) is 0.587. The average Bonchev–Trinajstić information content (AvgIpc) is 2.21. The zero-order valence-corrected chi connectivity index (χ0v) is 9.73. The molecule has 0 aromatic heterocycles. The minimum atomic E-state index is 0.738. The van der Waals surface area contributed by atoms with Gasteiger partial charge in [0.2, 0.25) is 0 Å². The van der Waals surface area contributed by atoms with Gasteiger partial charge in [0.05, 0.1) is 0 Å². The Hall–Kier alpha value is 0. The van der Waals surface area contributed by atoms with Gasteiger partial charge in [-0.3, -0.25) is 0 Å². The first kappa shape index (κ1) is 11.1. The SMILES string of the molecule is CCC(CC)C1(CC)CCCCC1. The van der Waals surface area contributed by atoms with Crippen LogP contribution >= 0.6 is 0 Å². The van der Waals surface area contributed by atoms with Crippen LogP contribution in [0.3, 0.4) is 0 Å². The molecule has 0 N–H and O–H groups in total. The molecule has 1 aliphatic carbocycles. The van der Waals surface area contributed by atoms with Crippen molar-refractivity contribution in [1.82, 2.24) is 0 Å². The third-order valence-corrected chi connectivity index (χ3v) is 4.41. The minimum absolute atomic E-state index is 0.738. The summed E-state index contributed by atoms with van der Waals surface area (Å²) in [7, 11) is 0. The van der Waals surface area contributed by atoms with Crippen molar-refractivity contribution >= 4 is 0 Å². The van der Waals surface area contributed by atoms with Crippen LogP contribution in [0.25, 0.3) is 0 Å². The van der Waals surface area contributed by atoms with E-state index in [-0.39, 0.29) is 0 Å². The lowest BCUT2D eigenvalue weighted by molar-refractivity contribution is 0.0835. The van der Waals surface area contributed by atoms with Crippen molar-refractivity contribution in [2.75, 3.05) is 0 Å². The molecule has 78 valence electrons. The van der Waals surface area contributed by atoms with Crippen LogP contribution in [0.4, 0.5) is 0 Å². The summed E-state index contributed by atoms with van der Waals surface area (Å²) in [6, 6.07) is 0. The first-order valence-electron chi connectivity index (χ1n) is 6.29. The second-order valence-electron chi connectivity index (χ2n) is 4.79. The Morgan fingerprint density at radius 3 is 1.85 bits per heavy atom. The van der Waals surface area contributed by atoms with Crippen molar-refractivity contribution in [3.05, 3.63) is 0 Å². The lowest BCUT2D eigenvalue weighted by atomic mass is 9.63. The summed E-state index contributed by atoms with van der Waals surface area (Å²) < 4.78 is 0. The van der Waals surface area contributed by atoms with Crippen molar-refractivity contribution in [2.24, 2.45) is 11.3 Å². The first-order valence-corrected chi connectivity index (χ1v) is 6.29. The first-order chi connectivity index (χ1) is 6.29. The Bertz CT molecular complexity index is 127. The highest BCUT2D eigenvalue weighted by atomic mass is 14.4. The predicted molar refractivity (Wildman–Crippen MR) is 59.9 cm³/mol. The molecule has 0 unspecified atom stereocenters. The molecule has 0 amide bonds. The zero-order valence-electron chi connectivity index (χ0n) is 9.73. The highest BCUT2D eigenvalue weighted by Gasteiger charge is 2.35. The smallest absolute Gasteiger partial charge is 0.0272 e. The minimum Gasteiger partial charge on any atom is -0.0651 e. The maximum atomic E-state index is 2.41. The molecule has 1 saturated carbocycles. The summed E-state index contributed by atoms with van der Waals surface area (Å²) in [5, 5.41) is 0. The van der Waals surface area contributed by atoms with Crippen molar-refractivity contribution in [2.45, 2.75) is 72.1 Å². The van der Waals surface area contributed by atoms with Gasteiger partial charge in [-0.15, -0.1) is 0 Å². The molecular formula is C13H26. The molecular weight excluding hydrogens is 156 g/mol. The topological polar surface area (TPSA) is 0 Å². The molecule has 0 nitrogen and oxygen atoms in total. The van der Waals surface area contributed by atoms with E-state index in [0.717, 1.165) is 11.3 Å². The van der Waals surface area contributed by atoms with Crippen molar-refractivity contribution in [1.29, 1.82) is 0 Å². The Labute approximate surface area is 84.1 Å². The van der Waals surface area contributed by atoms with Crippen molar-refractivity contribution in [3.63, 3.8) is 0 Å². The normalized spacial score (nSPS) is 22.2. The molecule has 1 aliphatic rings. The van der Waals surface area contributed by atoms with Gasteiger partial charge in [-0.1, -0.05) is 59.3 Å². The van der Waals surface area contributed by atoms with Gasteiger partial charge in [-0.05, 0) is 24.2 Å². The van der Waals surface area contributed by atoms with Gasteiger partial charge < -0.3 is 0 Å². The van der Waals surface area contributed by atoms with E-state index >= 15 is 0 Å². The maximum Gasteiger partial charge on any atom is -0.0272 e. The standard InChI is InChI=1S/C13H26/c1-4-12(5-2)13(6-3)10-8-7-9-11-13/h12H,4-11H2,1-3H3. The third-order valence-electron chi connectivity index (χ3n) is 4.41. The van der Waals surface area contributed by atoms with E-state index < -0.39 is 0 Å². The average molecular weight is 182 g/mol. The summed E-state index contributed by atoms with van der Waals surface area (Å²) in [6.45, 7) is 7.16. The van der Waals surface area contributed by atoms with Gasteiger partial charge in [0.15, 0.2) is 0 Å². The monoisotopic (exact) mass is 182 g/mol. The zero-order chi connectivity index (χ0) is 9.73. The van der Waals surface area contributed by atoms with Crippen LogP contribution in [0, 0.1) is 11.3 Å². The molecule has 0 bridgehead atoms. The number of hydrogen-bond donors (Lipinski definition) is 0. The summed E-state index contributed by atoms with van der Waals surface area (Å²) in [5.41, 5.74) is 0.738. The maximum absolute atomic E-state index is 2.41. The van der Waals surface area contributed by atoms with Crippen LogP contribution in [0.15, 0.2) is 0 Å². The Kier molecular flexibility index (Phi) is 4.28. The highest BCUT2D eigenvalue weighted by molar-refractivity contribution is 4.86. The molecule has 0 spiro atoms. The molecule has 1 rings (SSSR count). The van der Waals surface area contributed by atoms with E-state index in [1.54, 1.807) is 0 Å². The molecule has 0 radical (unpaired) electrons. The van der Waals surface area contributed by atoms with Gasteiger partial charge in [-0.2, -0.15) is 0 Å². The lowest BCUT2D eigenvalue weighted by Gasteiger charge is -2.43. The van der Waals surface area contributed by atoms with Crippen molar-refractivity contribution in [3.8, 4) is 0 Å². The van der Waals surface area contributed by atoms with E-state index in [0.29, 0.717) is 0 Å². The third kappa shape index (κ3) is 2.27. The predicted octanol–water partition coefficient (Wildman–Crippen LogP) is 4.78. The van der Waals surface area contributed by atoms with Crippen LogP contribution < -0.4 is 0 Å². The Morgan fingerprint density at radius 1 is 0.923 bits per heavy atom. The fourth-order valence-electron chi connectivity index (χ4n) is 3.46. The summed E-state index contributed by atoms with van der Waals surface area (Å²) in [4.78, 5) is 0. The lowest BCUT2D eigenvalue weighted by Crippen LogP contribution is -2.31. The molecule has 1 fully saturated rings. The molecule has 0 heterocycles. The van der Waals surface area contributed by atoms with Crippen LogP contribution in [-0.4, -0.2) is 0 Å². The summed E-state index contributed by atoms with van der Waals surface area (Å²) in [5.74, 6) is 0.998. The number of rotatable bonds is 4. The van der Waals surface area contributed by atoms with Gasteiger partial charge in [0, 0.05) is 0 Å². The van der Waals surface area contributed by atoms with E-state index in [9.17, 15) is 0 Å². The van der Waals surface area contributed by atoms with Gasteiger partial charge in [-0.25, -0.2) is 0 Å². The molecule has 0 saturated heterocycles. The molecule has 0 aromatic carbocycles. The van der Waals surface area contributed by atoms with E-state index in [1.807, 2.05) is 0 Å². The molecule has 0 aliphatic heterocycles. The van der Waals surface area contributed by atoms with E-state index in [1.165, 1.54) is 51.4 Å². The van der Waals surface area contributed by atoms with Crippen LogP contribution in [0.1, 0.15) is 72.1 Å². The van der Waals surface area contributed by atoms with Crippen LogP contribution in [0.2, 0.25) is 0 Å².